The van der Waals surface area contributed by atoms with Gasteiger partial charge in [-0.15, -0.1) is 0 Å². The number of benzene rings is 4. The standard InChI is InChI=1S/C37H40N2O5/c1-2-21-42-37(41)38-23-28-13-19-33(20-14-28)36-43-34(22-35(44-36)32-17-15-31(27-40)16-18-32)26-39(24-29-9-5-3-6-10-29)25-30-11-7-4-8-12-30/h2-20,34-36,40H,1,21-27H2,(H,38,41)/t34-,35+,36+/m1/s1. The third-order valence-corrected chi connectivity index (χ3v) is 7.60. The van der Waals surface area contributed by atoms with Crippen molar-refractivity contribution in [3.8, 4) is 0 Å². The molecule has 0 radical (unpaired) electrons. The van der Waals surface area contributed by atoms with Crippen LogP contribution in [0.4, 0.5) is 4.79 Å². The number of rotatable bonds is 13. The molecular formula is C37H40N2O5. The summed E-state index contributed by atoms with van der Waals surface area (Å²) in [6.07, 6.45) is 0.909. The number of ether oxygens (including phenoxy) is 3. The fourth-order valence-corrected chi connectivity index (χ4v) is 5.34. The minimum Gasteiger partial charge on any atom is -0.445 e. The van der Waals surface area contributed by atoms with E-state index in [0.717, 1.165) is 41.9 Å². The summed E-state index contributed by atoms with van der Waals surface area (Å²) in [5.74, 6) is 0. The Morgan fingerprint density at radius 3 is 2.00 bits per heavy atom. The average molecular weight is 593 g/mol. The molecule has 4 aromatic carbocycles. The van der Waals surface area contributed by atoms with E-state index in [-0.39, 0.29) is 25.4 Å². The molecule has 0 unspecified atom stereocenters. The Labute approximate surface area is 259 Å². The van der Waals surface area contributed by atoms with Crippen LogP contribution in [0.25, 0.3) is 0 Å². The SMILES string of the molecule is C=CCOC(=O)NCc1ccc([C@H]2O[C@@H](CN(Cc3ccccc3)Cc3ccccc3)C[C@@H](c3ccc(CO)cc3)O2)cc1. The second kappa shape index (κ2) is 16.0. The molecule has 0 saturated carbocycles. The summed E-state index contributed by atoms with van der Waals surface area (Å²) in [7, 11) is 0. The maximum absolute atomic E-state index is 11.8. The lowest BCUT2D eigenvalue weighted by Crippen LogP contribution is -2.39. The Hall–Kier alpha value is -4.27. The lowest BCUT2D eigenvalue weighted by Gasteiger charge is -2.38. The number of hydrogen-bond donors (Lipinski definition) is 2. The lowest BCUT2D eigenvalue weighted by atomic mass is 9.99. The van der Waals surface area contributed by atoms with Crippen LogP contribution in [0, 0.1) is 0 Å². The summed E-state index contributed by atoms with van der Waals surface area (Å²) < 4.78 is 18.2. The topological polar surface area (TPSA) is 80.3 Å². The van der Waals surface area contributed by atoms with Gasteiger partial charge in [-0.25, -0.2) is 4.79 Å². The molecule has 0 aromatic heterocycles. The van der Waals surface area contributed by atoms with Crippen LogP contribution < -0.4 is 5.32 Å². The molecule has 4 aromatic rings. The number of hydrogen-bond acceptors (Lipinski definition) is 6. The monoisotopic (exact) mass is 592 g/mol. The van der Waals surface area contributed by atoms with Gasteiger partial charge in [-0.05, 0) is 27.8 Å². The highest BCUT2D eigenvalue weighted by molar-refractivity contribution is 5.67. The highest BCUT2D eigenvalue weighted by Gasteiger charge is 2.33. The lowest BCUT2D eigenvalue weighted by molar-refractivity contribution is -0.253. The number of carbonyl (C=O) groups excluding carboxylic acids is 1. The van der Waals surface area contributed by atoms with Crippen molar-refractivity contribution in [2.24, 2.45) is 0 Å². The van der Waals surface area contributed by atoms with E-state index in [1.165, 1.54) is 17.2 Å². The summed E-state index contributed by atoms with van der Waals surface area (Å²) in [6.45, 7) is 6.39. The van der Waals surface area contributed by atoms with Gasteiger partial charge in [-0.1, -0.05) is 122 Å². The molecule has 1 saturated heterocycles. The van der Waals surface area contributed by atoms with Crippen molar-refractivity contribution in [2.75, 3.05) is 13.2 Å². The number of carbonyl (C=O) groups is 1. The van der Waals surface area contributed by atoms with E-state index in [4.69, 9.17) is 14.2 Å². The Morgan fingerprint density at radius 2 is 1.41 bits per heavy atom. The third kappa shape index (κ3) is 9.11. The van der Waals surface area contributed by atoms with Gasteiger partial charge in [0.15, 0.2) is 6.29 Å². The van der Waals surface area contributed by atoms with E-state index < -0.39 is 12.4 Å². The molecule has 0 spiro atoms. The van der Waals surface area contributed by atoms with Crippen molar-refractivity contribution in [1.29, 1.82) is 0 Å². The smallest absolute Gasteiger partial charge is 0.407 e. The summed E-state index contributed by atoms with van der Waals surface area (Å²) >= 11 is 0. The van der Waals surface area contributed by atoms with Gasteiger partial charge >= 0.3 is 6.09 Å². The van der Waals surface area contributed by atoms with Crippen LogP contribution in [0.2, 0.25) is 0 Å². The number of nitrogens with zero attached hydrogens (tertiary/aromatic N) is 1. The van der Waals surface area contributed by atoms with Gasteiger partial charge in [0, 0.05) is 38.2 Å². The molecule has 7 heteroatoms. The summed E-state index contributed by atoms with van der Waals surface area (Å²) in [6, 6.07) is 36.9. The molecule has 2 N–H and O–H groups in total. The number of alkyl carbamates (subject to hydrolysis) is 1. The Bertz CT molecular complexity index is 1400. The highest BCUT2D eigenvalue weighted by Crippen LogP contribution is 2.38. The van der Waals surface area contributed by atoms with Crippen LogP contribution in [0.1, 0.15) is 52.2 Å². The summed E-state index contributed by atoms with van der Waals surface area (Å²) in [5.41, 5.74) is 6.26. The van der Waals surface area contributed by atoms with Crippen molar-refractivity contribution in [3.05, 3.63) is 155 Å². The first-order valence-corrected chi connectivity index (χ1v) is 15.0. The van der Waals surface area contributed by atoms with Gasteiger partial charge < -0.3 is 24.6 Å². The van der Waals surface area contributed by atoms with Crippen LogP contribution in [0.15, 0.2) is 122 Å². The molecule has 44 heavy (non-hydrogen) atoms. The zero-order chi connectivity index (χ0) is 30.6. The predicted octanol–water partition coefficient (Wildman–Crippen LogP) is 6.84. The van der Waals surface area contributed by atoms with E-state index in [2.05, 4.69) is 65.3 Å². The first-order chi connectivity index (χ1) is 21.6. The largest absolute Gasteiger partial charge is 0.445 e. The van der Waals surface area contributed by atoms with Crippen LogP contribution in [-0.4, -0.2) is 35.4 Å². The number of nitrogens with one attached hydrogen (secondary N) is 1. The maximum atomic E-state index is 11.8. The number of aliphatic hydroxyl groups excluding tert-OH is 1. The van der Waals surface area contributed by atoms with Crippen LogP contribution >= 0.6 is 0 Å². The molecular weight excluding hydrogens is 552 g/mol. The third-order valence-electron chi connectivity index (χ3n) is 7.60. The normalized spacial score (nSPS) is 18.1. The fraction of sp³-hybridized carbons (Fsp3) is 0.270. The molecule has 7 nitrogen and oxygen atoms in total. The molecule has 3 atom stereocenters. The van der Waals surface area contributed by atoms with Gasteiger partial charge in [-0.3, -0.25) is 4.90 Å². The Morgan fingerprint density at radius 1 is 0.818 bits per heavy atom. The van der Waals surface area contributed by atoms with Crippen molar-refractivity contribution in [1.82, 2.24) is 10.2 Å². The first kappa shape index (κ1) is 31.2. The van der Waals surface area contributed by atoms with Crippen molar-refractivity contribution in [2.45, 2.75) is 51.2 Å². The zero-order valence-corrected chi connectivity index (χ0v) is 24.9. The van der Waals surface area contributed by atoms with Crippen LogP contribution in [0.5, 0.6) is 0 Å². The van der Waals surface area contributed by atoms with Gasteiger partial charge in [0.1, 0.15) is 6.61 Å². The minimum absolute atomic E-state index is 0.00127. The van der Waals surface area contributed by atoms with Crippen molar-refractivity contribution in [3.63, 3.8) is 0 Å². The summed E-state index contributed by atoms with van der Waals surface area (Å²) in [5, 5.41) is 12.3. The second-order valence-electron chi connectivity index (χ2n) is 11.0. The fourth-order valence-electron chi connectivity index (χ4n) is 5.34. The second-order valence-corrected chi connectivity index (χ2v) is 11.0. The van der Waals surface area contributed by atoms with E-state index in [0.29, 0.717) is 13.0 Å². The molecule has 1 aliphatic heterocycles. The Balaban J connectivity index is 1.34. The molecule has 0 aliphatic carbocycles. The van der Waals surface area contributed by atoms with Crippen LogP contribution in [-0.2, 0) is 40.5 Å². The van der Waals surface area contributed by atoms with Crippen molar-refractivity contribution < 1.29 is 24.1 Å². The van der Waals surface area contributed by atoms with Crippen LogP contribution in [0.3, 0.4) is 0 Å². The quantitative estimate of drug-likeness (QED) is 0.166. The molecule has 5 rings (SSSR count). The van der Waals surface area contributed by atoms with E-state index in [1.54, 1.807) is 0 Å². The average Bonchev–Trinajstić information content (AvgIpc) is 3.07. The molecule has 228 valence electrons. The number of aliphatic hydroxyl groups is 1. The highest BCUT2D eigenvalue weighted by atomic mass is 16.7. The van der Waals surface area contributed by atoms with Gasteiger partial charge in [0.05, 0.1) is 18.8 Å². The predicted molar refractivity (Wildman–Crippen MR) is 170 cm³/mol. The molecule has 1 fully saturated rings. The molecule has 0 bridgehead atoms. The first-order valence-electron chi connectivity index (χ1n) is 15.0. The Kier molecular flexibility index (Phi) is 11.3. The van der Waals surface area contributed by atoms with E-state index in [9.17, 15) is 9.90 Å². The summed E-state index contributed by atoms with van der Waals surface area (Å²) in [4.78, 5) is 14.3. The maximum Gasteiger partial charge on any atom is 0.407 e. The minimum atomic E-state index is -0.564. The van der Waals surface area contributed by atoms with Gasteiger partial charge in [0.25, 0.3) is 0 Å². The molecule has 1 amide bonds. The van der Waals surface area contributed by atoms with Crippen molar-refractivity contribution >= 4 is 6.09 Å². The van der Waals surface area contributed by atoms with E-state index in [1.807, 2.05) is 60.7 Å². The van der Waals surface area contributed by atoms with Gasteiger partial charge in [0.2, 0.25) is 0 Å². The zero-order valence-electron chi connectivity index (χ0n) is 24.9. The molecule has 1 heterocycles. The van der Waals surface area contributed by atoms with Gasteiger partial charge in [-0.2, -0.15) is 0 Å². The number of amides is 1. The molecule has 1 aliphatic rings. The van der Waals surface area contributed by atoms with E-state index >= 15 is 0 Å².